The van der Waals surface area contributed by atoms with E-state index in [1.165, 1.54) is 43.9 Å². The van der Waals surface area contributed by atoms with Gasteiger partial charge in [0.1, 0.15) is 5.82 Å². The van der Waals surface area contributed by atoms with Crippen molar-refractivity contribution in [2.45, 2.75) is 32.1 Å². The highest BCUT2D eigenvalue weighted by atomic mass is 35.5. The fraction of sp³-hybridized carbons (Fsp3) is 0.533. The van der Waals surface area contributed by atoms with Crippen LogP contribution in [0.1, 0.15) is 32.1 Å². The Balaban J connectivity index is 1.59. The molecule has 19 heavy (non-hydrogen) atoms. The minimum Gasteiger partial charge on any atom is -0.325 e. The predicted octanol–water partition coefficient (Wildman–Crippen LogP) is 4.24. The lowest BCUT2D eigenvalue weighted by atomic mass is 9.86. The predicted molar refractivity (Wildman–Crippen MR) is 73.6 cm³/mol. The van der Waals surface area contributed by atoms with Gasteiger partial charge in [-0.05, 0) is 55.2 Å². The Morgan fingerprint density at radius 1 is 1.37 bits per heavy atom. The highest BCUT2D eigenvalue weighted by Crippen LogP contribution is 2.49. The Morgan fingerprint density at radius 3 is 2.84 bits per heavy atom. The minimum atomic E-state index is -0.392. The largest absolute Gasteiger partial charge is 0.325 e. The summed E-state index contributed by atoms with van der Waals surface area (Å²) in [7, 11) is 0. The number of anilines is 1. The fourth-order valence-corrected chi connectivity index (χ4v) is 3.87. The van der Waals surface area contributed by atoms with Crippen LogP contribution >= 0.6 is 11.6 Å². The van der Waals surface area contributed by atoms with Crippen LogP contribution in [0.15, 0.2) is 18.2 Å². The van der Waals surface area contributed by atoms with Crippen molar-refractivity contribution in [2.75, 3.05) is 5.32 Å². The second-order valence-corrected chi connectivity index (χ2v) is 6.22. The normalized spacial score (nSPS) is 28.6. The average Bonchev–Trinajstić information content (AvgIpc) is 2.95. The van der Waals surface area contributed by atoms with Gasteiger partial charge in [0.25, 0.3) is 0 Å². The van der Waals surface area contributed by atoms with Gasteiger partial charge in [0.2, 0.25) is 5.91 Å². The molecule has 3 rings (SSSR count). The van der Waals surface area contributed by atoms with Crippen molar-refractivity contribution in [3.63, 3.8) is 0 Å². The number of benzene rings is 1. The van der Waals surface area contributed by atoms with Crippen molar-refractivity contribution >= 4 is 23.2 Å². The maximum absolute atomic E-state index is 12.9. The SMILES string of the molecule is O=C(CC1CC2CCC1C2)Nc1ccc(F)cc1Cl. The van der Waals surface area contributed by atoms with Crippen LogP contribution in [0.3, 0.4) is 0 Å². The van der Waals surface area contributed by atoms with Crippen molar-refractivity contribution in [1.29, 1.82) is 0 Å². The van der Waals surface area contributed by atoms with Crippen LogP contribution in [-0.4, -0.2) is 5.91 Å². The van der Waals surface area contributed by atoms with E-state index in [9.17, 15) is 9.18 Å². The number of halogens is 2. The van der Waals surface area contributed by atoms with Crippen molar-refractivity contribution in [2.24, 2.45) is 17.8 Å². The molecule has 0 aliphatic heterocycles. The van der Waals surface area contributed by atoms with Crippen LogP contribution in [0, 0.1) is 23.6 Å². The molecule has 1 amide bonds. The molecule has 0 spiro atoms. The number of rotatable bonds is 3. The summed E-state index contributed by atoms with van der Waals surface area (Å²) in [4.78, 5) is 12.0. The van der Waals surface area contributed by atoms with E-state index < -0.39 is 5.82 Å². The number of carbonyl (C=O) groups excluding carboxylic acids is 1. The van der Waals surface area contributed by atoms with E-state index in [4.69, 9.17) is 11.6 Å². The molecule has 0 heterocycles. The Hall–Kier alpha value is -1.09. The molecule has 4 heteroatoms. The number of hydrogen-bond acceptors (Lipinski definition) is 1. The second-order valence-electron chi connectivity index (χ2n) is 5.81. The molecular formula is C15H17ClFNO. The van der Waals surface area contributed by atoms with E-state index in [1.807, 2.05) is 0 Å². The quantitative estimate of drug-likeness (QED) is 0.882. The van der Waals surface area contributed by atoms with Crippen molar-refractivity contribution in [1.82, 2.24) is 0 Å². The van der Waals surface area contributed by atoms with E-state index in [2.05, 4.69) is 5.32 Å². The highest BCUT2D eigenvalue weighted by molar-refractivity contribution is 6.33. The lowest BCUT2D eigenvalue weighted by molar-refractivity contribution is -0.117. The number of hydrogen-bond donors (Lipinski definition) is 1. The maximum atomic E-state index is 12.9. The molecule has 3 atom stereocenters. The number of fused-ring (bicyclic) bond motifs is 2. The fourth-order valence-electron chi connectivity index (χ4n) is 3.66. The summed E-state index contributed by atoms with van der Waals surface area (Å²) in [6.45, 7) is 0. The van der Waals surface area contributed by atoms with Gasteiger partial charge in [-0.15, -0.1) is 0 Å². The number of carbonyl (C=O) groups is 1. The monoisotopic (exact) mass is 281 g/mol. The summed E-state index contributed by atoms with van der Waals surface area (Å²) in [6.07, 6.45) is 5.67. The van der Waals surface area contributed by atoms with Crippen molar-refractivity contribution in [3.8, 4) is 0 Å². The van der Waals surface area contributed by atoms with Gasteiger partial charge < -0.3 is 5.32 Å². The van der Waals surface area contributed by atoms with Gasteiger partial charge in [0.15, 0.2) is 0 Å². The third-order valence-electron chi connectivity index (χ3n) is 4.54. The van der Waals surface area contributed by atoms with Gasteiger partial charge in [-0.3, -0.25) is 4.79 Å². The van der Waals surface area contributed by atoms with E-state index in [-0.39, 0.29) is 10.9 Å². The summed E-state index contributed by atoms with van der Waals surface area (Å²) in [5, 5.41) is 3.04. The number of nitrogens with one attached hydrogen (secondary N) is 1. The van der Waals surface area contributed by atoms with Gasteiger partial charge in [0.05, 0.1) is 10.7 Å². The van der Waals surface area contributed by atoms with E-state index in [0.29, 0.717) is 18.0 Å². The minimum absolute atomic E-state index is 0.00828. The molecule has 2 bridgehead atoms. The molecule has 1 aromatic carbocycles. The first-order valence-corrected chi connectivity index (χ1v) is 7.24. The summed E-state index contributed by atoms with van der Waals surface area (Å²) in [5.74, 6) is 1.71. The van der Waals surface area contributed by atoms with Gasteiger partial charge >= 0.3 is 0 Å². The van der Waals surface area contributed by atoms with Crippen LogP contribution in [0.5, 0.6) is 0 Å². The Bertz CT molecular complexity index is 505. The standard InChI is InChI=1S/C15H17ClFNO/c16-13-8-12(17)3-4-14(13)18-15(19)7-11-6-9-1-2-10(11)5-9/h3-4,8-11H,1-2,5-7H2,(H,18,19). The second kappa shape index (κ2) is 5.12. The summed E-state index contributed by atoms with van der Waals surface area (Å²) < 4.78 is 12.9. The van der Waals surface area contributed by atoms with E-state index in [0.717, 1.165) is 11.8 Å². The van der Waals surface area contributed by atoms with Crippen LogP contribution in [0.2, 0.25) is 5.02 Å². The lowest BCUT2D eigenvalue weighted by Gasteiger charge is -2.21. The third kappa shape index (κ3) is 2.76. The molecule has 2 aliphatic rings. The van der Waals surface area contributed by atoms with Gasteiger partial charge in [-0.2, -0.15) is 0 Å². The van der Waals surface area contributed by atoms with Gasteiger partial charge in [0, 0.05) is 6.42 Å². The molecule has 2 aliphatic carbocycles. The maximum Gasteiger partial charge on any atom is 0.224 e. The molecule has 0 radical (unpaired) electrons. The van der Waals surface area contributed by atoms with E-state index in [1.54, 1.807) is 0 Å². The smallest absolute Gasteiger partial charge is 0.224 e. The molecule has 3 unspecified atom stereocenters. The van der Waals surface area contributed by atoms with Gasteiger partial charge in [-0.25, -0.2) is 4.39 Å². The first-order valence-electron chi connectivity index (χ1n) is 6.86. The average molecular weight is 282 g/mol. The molecule has 2 saturated carbocycles. The van der Waals surface area contributed by atoms with Gasteiger partial charge in [-0.1, -0.05) is 18.0 Å². The Morgan fingerprint density at radius 2 is 2.21 bits per heavy atom. The molecule has 2 nitrogen and oxygen atoms in total. The Kier molecular flexibility index (Phi) is 3.48. The molecule has 2 fully saturated rings. The molecule has 102 valence electrons. The zero-order valence-corrected chi connectivity index (χ0v) is 11.4. The zero-order chi connectivity index (χ0) is 13.4. The zero-order valence-electron chi connectivity index (χ0n) is 10.7. The Labute approximate surface area is 117 Å². The van der Waals surface area contributed by atoms with Crippen molar-refractivity contribution < 1.29 is 9.18 Å². The van der Waals surface area contributed by atoms with Crippen LogP contribution < -0.4 is 5.32 Å². The molecule has 0 aromatic heterocycles. The van der Waals surface area contributed by atoms with Crippen LogP contribution in [0.25, 0.3) is 0 Å². The summed E-state index contributed by atoms with van der Waals surface area (Å²) in [6, 6.07) is 4.03. The highest BCUT2D eigenvalue weighted by Gasteiger charge is 2.40. The van der Waals surface area contributed by atoms with E-state index >= 15 is 0 Å². The topological polar surface area (TPSA) is 29.1 Å². The molecule has 1 N–H and O–H groups in total. The summed E-state index contributed by atoms with van der Waals surface area (Å²) >= 11 is 5.90. The third-order valence-corrected chi connectivity index (χ3v) is 4.85. The first kappa shape index (κ1) is 12.9. The first-order chi connectivity index (χ1) is 9.11. The lowest BCUT2D eigenvalue weighted by Crippen LogP contribution is -2.20. The molecule has 1 aromatic rings. The van der Waals surface area contributed by atoms with Crippen LogP contribution in [-0.2, 0) is 4.79 Å². The van der Waals surface area contributed by atoms with Crippen LogP contribution in [0.4, 0.5) is 10.1 Å². The molecular weight excluding hydrogens is 265 g/mol. The van der Waals surface area contributed by atoms with Crippen molar-refractivity contribution in [3.05, 3.63) is 29.0 Å². The summed E-state index contributed by atoms with van der Waals surface area (Å²) in [5.41, 5.74) is 0.497. The molecule has 0 saturated heterocycles. The number of amides is 1.